The minimum atomic E-state index is -0.762. The third kappa shape index (κ3) is 4.27. The van der Waals surface area contributed by atoms with E-state index < -0.39 is 17.7 Å². The summed E-state index contributed by atoms with van der Waals surface area (Å²) in [6.07, 6.45) is 3.26. The molecule has 0 aliphatic carbocycles. The van der Waals surface area contributed by atoms with Crippen molar-refractivity contribution in [1.29, 1.82) is 0 Å². The van der Waals surface area contributed by atoms with Crippen LogP contribution in [0.2, 0.25) is 0 Å². The number of likely N-dealkylation sites (N-methyl/N-ethyl adjacent to an activating group) is 1. The molecule has 2 aliphatic heterocycles. The van der Waals surface area contributed by atoms with Crippen LogP contribution in [0.5, 0.6) is 0 Å². The summed E-state index contributed by atoms with van der Waals surface area (Å²) in [7, 11) is 2.12. The lowest BCUT2D eigenvalue weighted by atomic mass is 9.93. The molecule has 0 spiro atoms. The molecule has 7 heteroatoms. The number of piperazine rings is 1. The van der Waals surface area contributed by atoms with Crippen LogP contribution in [-0.2, 0) is 9.59 Å². The molecule has 36 heavy (non-hydrogen) atoms. The van der Waals surface area contributed by atoms with Gasteiger partial charge in [-0.3, -0.25) is 19.5 Å². The minimum absolute atomic E-state index is 0.0862. The van der Waals surface area contributed by atoms with Crippen molar-refractivity contribution in [2.24, 2.45) is 0 Å². The lowest BCUT2D eigenvalue weighted by Gasteiger charge is -2.34. The number of hydrogen-bond donors (Lipinski definition) is 1. The lowest BCUT2D eigenvalue weighted by Crippen LogP contribution is -2.44. The predicted molar refractivity (Wildman–Crippen MR) is 141 cm³/mol. The van der Waals surface area contributed by atoms with Gasteiger partial charge in [0, 0.05) is 55.5 Å². The second-order valence-electron chi connectivity index (χ2n) is 9.57. The molecule has 2 fully saturated rings. The normalized spacial score (nSPS) is 20.2. The Labute approximate surface area is 211 Å². The predicted octanol–water partition coefficient (Wildman–Crippen LogP) is 4.08. The summed E-state index contributed by atoms with van der Waals surface area (Å²) in [5.74, 6) is -1.51. The maximum absolute atomic E-state index is 13.4. The number of ketones is 1. The molecule has 0 bridgehead atoms. The second-order valence-corrected chi connectivity index (χ2v) is 9.57. The van der Waals surface area contributed by atoms with Gasteiger partial charge in [0.2, 0.25) is 0 Å². The van der Waals surface area contributed by atoms with Crippen molar-refractivity contribution in [2.75, 3.05) is 43.0 Å². The molecule has 5 rings (SSSR count). The number of aliphatic hydroxyl groups is 1. The van der Waals surface area contributed by atoms with Crippen molar-refractivity contribution >= 4 is 28.8 Å². The highest BCUT2D eigenvalue weighted by molar-refractivity contribution is 6.51. The zero-order chi connectivity index (χ0) is 25.4. The number of carbonyl (C=O) groups is 2. The molecule has 184 valence electrons. The van der Waals surface area contributed by atoms with Gasteiger partial charge in [0.15, 0.2) is 0 Å². The minimum Gasteiger partial charge on any atom is -0.507 e. The monoisotopic (exact) mass is 482 g/mol. The number of benzene rings is 2. The van der Waals surface area contributed by atoms with Crippen molar-refractivity contribution in [3.63, 3.8) is 0 Å². The van der Waals surface area contributed by atoms with Gasteiger partial charge in [-0.15, -0.1) is 0 Å². The van der Waals surface area contributed by atoms with Crippen LogP contribution < -0.4 is 9.80 Å². The first kappa shape index (κ1) is 23.8. The van der Waals surface area contributed by atoms with E-state index in [1.54, 1.807) is 24.5 Å². The van der Waals surface area contributed by atoms with Crippen molar-refractivity contribution < 1.29 is 14.7 Å². The molecule has 7 nitrogen and oxygen atoms in total. The highest BCUT2D eigenvalue weighted by Gasteiger charge is 2.47. The van der Waals surface area contributed by atoms with Gasteiger partial charge in [0.25, 0.3) is 11.7 Å². The fourth-order valence-electron chi connectivity index (χ4n) is 4.98. The van der Waals surface area contributed by atoms with E-state index in [1.807, 2.05) is 56.3 Å². The Bertz CT molecular complexity index is 1330. The summed E-state index contributed by atoms with van der Waals surface area (Å²) in [5, 5.41) is 11.4. The topological polar surface area (TPSA) is 77.0 Å². The van der Waals surface area contributed by atoms with Gasteiger partial charge in [-0.25, -0.2) is 0 Å². The molecule has 3 aromatic rings. The van der Waals surface area contributed by atoms with E-state index in [9.17, 15) is 14.7 Å². The first-order chi connectivity index (χ1) is 17.3. The van der Waals surface area contributed by atoms with Gasteiger partial charge in [-0.1, -0.05) is 17.7 Å². The van der Waals surface area contributed by atoms with Crippen LogP contribution in [-0.4, -0.2) is 59.9 Å². The van der Waals surface area contributed by atoms with Gasteiger partial charge >= 0.3 is 0 Å². The molecule has 3 heterocycles. The number of anilines is 2. The average molecular weight is 483 g/mol. The van der Waals surface area contributed by atoms with Crippen molar-refractivity contribution in [2.45, 2.75) is 19.9 Å². The van der Waals surface area contributed by atoms with Crippen molar-refractivity contribution in [3.8, 4) is 0 Å². The molecule has 2 aromatic carbocycles. The number of rotatable bonds is 4. The molecule has 2 aliphatic rings. The molecule has 2 saturated heterocycles. The number of amides is 1. The third-order valence-corrected chi connectivity index (χ3v) is 7.11. The molecule has 0 saturated carbocycles. The van der Waals surface area contributed by atoms with E-state index >= 15 is 0 Å². The lowest BCUT2D eigenvalue weighted by molar-refractivity contribution is -0.132. The maximum Gasteiger partial charge on any atom is 0.300 e. The van der Waals surface area contributed by atoms with Crippen LogP contribution >= 0.6 is 0 Å². The summed E-state index contributed by atoms with van der Waals surface area (Å²) in [6.45, 7) is 7.67. The highest BCUT2D eigenvalue weighted by atomic mass is 16.3. The Hall–Kier alpha value is -3.97. The van der Waals surface area contributed by atoms with Gasteiger partial charge in [-0.05, 0) is 74.5 Å². The van der Waals surface area contributed by atoms with Crippen LogP contribution in [0.4, 0.5) is 11.4 Å². The Balaban J connectivity index is 1.59. The molecule has 0 radical (unpaired) electrons. The SMILES string of the molecule is Cc1ccc(C)c(/C(O)=C2\C(=O)C(=O)N(c3ccc(N4CCN(C)CC4)cc3)C2c2ccncc2)c1. The molecular formula is C29H30N4O3. The first-order valence-electron chi connectivity index (χ1n) is 12.2. The molecule has 1 aromatic heterocycles. The van der Waals surface area contributed by atoms with Crippen molar-refractivity contribution in [3.05, 3.63) is 94.8 Å². The summed E-state index contributed by atoms with van der Waals surface area (Å²) in [4.78, 5) is 37.0. The Morgan fingerprint density at radius 3 is 2.19 bits per heavy atom. The second kappa shape index (κ2) is 9.59. The van der Waals surface area contributed by atoms with E-state index in [2.05, 4.69) is 21.8 Å². The maximum atomic E-state index is 13.4. The molecule has 1 N–H and O–H groups in total. The molecule has 1 atom stereocenters. The first-order valence-corrected chi connectivity index (χ1v) is 12.2. The number of Topliss-reactive ketones (excluding diaryl/α,β-unsaturated/α-hetero) is 1. The van der Waals surface area contributed by atoms with E-state index in [1.165, 1.54) is 4.90 Å². The number of aliphatic hydroxyl groups excluding tert-OH is 1. The summed E-state index contributed by atoms with van der Waals surface area (Å²) < 4.78 is 0. The van der Waals surface area contributed by atoms with Crippen LogP contribution in [0.15, 0.2) is 72.6 Å². The van der Waals surface area contributed by atoms with E-state index in [-0.39, 0.29) is 11.3 Å². The summed E-state index contributed by atoms with van der Waals surface area (Å²) >= 11 is 0. The van der Waals surface area contributed by atoms with Crippen LogP contribution in [0.1, 0.15) is 28.3 Å². The van der Waals surface area contributed by atoms with Crippen LogP contribution in [0.3, 0.4) is 0 Å². The number of hydrogen-bond acceptors (Lipinski definition) is 6. The zero-order valence-electron chi connectivity index (χ0n) is 20.8. The largest absolute Gasteiger partial charge is 0.507 e. The molecule has 1 unspecified atom stereocenters. The van der Waals surface area contributed by atoms with E-state index in [4.69, 9.17) is 0 Å². The highest BCUT2D eigenvalue weighted by Crippen LogP contribution is 2.42. The summed E-state index contributed by atoms with van der Waals surface area (Å²) in [6, 6.07) is 16.2. The zero-order valence-corrected chi connectivity index (χ0v) is 20.8. The molecular weight excluding hydrogens is 452 g/mol. The van der Waals surface area contributed by atoms with E-state index in [0.29, 0.717) is 16.8 Å². The fourth-order valence-corrected chi connectivity index (χ4v) is 4.98. The Morgan fingerprint density at radius 1 is 0.889 bits per heavy atom. The van der Waals surface area contributed by atoms with Crippen LogP contribution in [0.25, 0.3) is 5.76 Å². The summed E-state index contributed by atoms with van der Waals surface area (Å²) in [5.41, 5.74) is 4.82. The van der Waals surface area contributed by atoms with Crippen molar-refractivity contribution in [1.82, 2.24) is 9.88 Å². The van der Waals surface area contributed by atoms with Gasteiger partial charge in [0.05, 0.1) is 11.6 Å². The number of aryl methyl sites for hydroxylation is 2. The number of pyridine rings is 1. The van der Waals surface area contributed by atoms with Gasteiger partial charge in [-0.2, -0.15) is 0 Å². The standard InChI is InChI=1S/C29H30N4O3/c1-19-4-5-20(2)24(18-19)27(34)25-26(21-10-12-30-13-11-21)33(29(36)28(25)35)23-8-6-22(7-9-23)32-16-14-31(3)15-17-32/h4-13,18,26,34H,14-17H2,1-3H3/b27-25+. The van der Waals surface area contributed by atoms with Gasteiger partial charge in [0.1, 0.15) is 5.76 Å². The third-order valence-electron chi connectivity index (χ3n) is 7.11. The van der Waals surface area contributed by atoms with Crippen LogP contribution in [0, 0.1) is 13.8 Å². The number of nitrogens with zero attached hydrogens (tertiary/aromatic N) is 4. The average Bonchev–Trinajstić information content (AvgIpc) is 3.16. The van der Waals surface area contributed by atoms with Gasteiger partial charge < -0.3 is 14.9 Å². The fraction of sp³-hybridized carbons (Fsp3) is 0.276. The number of carbonyl (C=O) groups excluding carboxylic acids is 2. The quantitative estimate of drug-likeness (QED) is 0.343. The Morgan fingerprint density at radius 2 is 1.53 bits per heavy atom. The van der Waals surface area contributed by atoms with E-state index in [0.717, 1.165) is 43.0 Å². The number of aromatic nitrogens is 1. The Kier molecular flexibility index (Phi) is 6.33. The molecule has 1 amide bonds. The smallest absolute Gasteiger partial charge is 0.300 e.